The Hall–Kier alpha value is -1.71. The smallest absolute Gasteiger partial charge is 0.226 e. The Labute approximate surface area is 127 Å². The highest BCUT2D eigenvalue weighted by atomic mass is 16.5. The molecule has 1 aliphatic rings. The van der Waals surface area contributed by atoms with Crippen LogP contribution >= 0.6 is 0 Å². The number of methoxy groups -OCH3 is 2. The zero-order chi connectivity index (χ0) is 15.5. The Morgan fingerprint density at radius 1 is 1.14 bits per heavy atom. The van der Waals surface area contributed by atoms with Crippen LogP contribution in [0, 0.1) is 5.41 Å². The van der Waals surface area contributed by atoms with Gasteiger partial charge in [0.05, 0.1) is 20.6 Å². The summed E-state index contributed by atoms with van der Waals surface area (Å²) in [5.74, 6) is 1.55. The van der Waals surface area contributed by atoms with Crippen molar-refractivity contribution in [3.8, 4) is 11.5 Å². The van der Waals surface area contributed by atoms with Gasteiger partial charge in [0.2, 0.25) is 5.91 Å². The van der Waals surface area contributed by atoms with Gasteiger partial charge < -0.3 is 14.4 Å². The maximum Gasteiger partial charge on any atom is 0.226 e. The summed E-state index contributed by atoms with van der Waals surface area (Å²) in [6, 6.07) is 5.65. The highest BCUT2D eigenvalue weighted by molar-refractivity contribution is 5.79. The van der Waals surface area contributed by atoms with E-state index in [-0.39, 0.29) is 5.91 Å². The summed E-state index contributed by atoms with van der Waals surface area (Å²) in [5.41, 5.74) is 1.32. The van der Waals surface area contributed by atoms with Gasteiger partial charge in [0.15, 0.2) is 11.5 Å². The fourth-order valence-electron chi connectivity index (χ4n) is 2.64. The number of hydrogen-bond donors (Lipinski definition) is 0. The highest BCUT2D eigenvalue weighted by Gasteiger charge is 2.27. The molecule has 1 aromatic carbocycles. The summed E-state index contributed by atoms with van der Waals surface area (Å²) >= 11 is 0. The van der Waals surface area contributed by atoms with Gasteiger partial charge in [-0.05, 0) is 36.0 Å². The van der Waals surface area contributed by atoms with Crippen molar-refractivity contribution in [1.82, 2.24) is 4.90 Å². The van der Waals surface area contributed by atoms with E-state index >= 15 is 0 Å². The number of rotatable bonds is 4. The Kier molecular flexibility index (Phi) is 4.76. The molecule has 1 saturated heterocycles. The minimum atomic E-state index is 0.192. The van der Waals surface area contributed by atoms with Crippen molar-refractivity contribution in [2.45, 2.75) is 33.1 Å². The summed E-state index contributed by atoms with van der Waals surface area (Å²) in [4.78, 5) is 14.4. The summed E-state index contributed by atoms with van der Waals surface area (Å²) in [6.45, 7) is 6.25. The average molecular weight is 291 g/mol. The number of likely N-dealkylation sites (tertiary alicyclic amines) is 1. The number of amides is 1. The minimum Gasteiger partial charge on any atom is -0.493 e. The largest absolute Gasteiger partial charge is 0.493 e. The fraction of sp³-hybridized carbons (Fsp3) is 0.588. The first-order valence-corrected chi connectivity index (χ1v) is 7.44. The van der Waals surface area contributed by atoms with E-state index in [2.05, 4.69) is 13.8 Å². The monoisotopic (exact) mass is 291 g/mol. The molecular formula is C17H25NO3. The molecule has 1 fully saturated rings. The molecule has 0 unspecified atom stereocenters. The normalized spacial score (nSPS) is 17.4. The maximum atomic E-state index is 12.4. The molecule has 0 N–H and O–H groups in total. The van der Waals surface area contributed by atoms with E-state index < -0.39 is 0 Å². The molecule has 4 nitrogen and oxygen atoms in total. The molecular weight excluding hydrogens is 266 g/mol. The molecule has 0 radical (unpaired) electrons. The summed E-state index contributed by atoms with van der Waals surface area (Å²) in [5, 5.41) is 0. The Morgan fingerprint density at radius 3 is 2.33 bits per heavy atom. The number of nitrogens with zero attached hydrogens (tertiary/aromatic N) is 1. The zero-order valence-corrected chi connectivity index (χ0v) is 13.4. The van der Waals surface area contributed by atoms with E-state index in [0.717, 1.165) is 31.5 Å². The fourth-order valence-corrected chi connectivity index (χ4v) is 2.64. The maximum absolute atomic E-state index is 12.4. The number of benzene rings is 1. The molecule has 21 heavy (non-hydrogen) atoms. The van der Waals surface area contributed by atoms with E-state index in [4.69, 9.17) is 9.47 Å². The Bertz CT molecular complexity index is 501. The van der Waals surface area contributed by atoms with Crippen LogP contribution in [-0.4, -0.2) is 38.1 Å². The molecule has 4 heteroatoms. The van der Waals surface area contributed by atoms with Crippen molar-refractivity contribution < 1.29 is 14.3 Å². The lowest BCUT2D eigenvalue weighted by Crippen LogP contribution is -2.41. The molecule has 0 saturated carbocycles. The molecule has 1 heterocycles. The third-order valence-electron chi connectivity index (χ3n) is 4.27. The van der Waals surface area contributed by atoms with Crippen LogP contribution in [0.5, 0.6) is 11.5 Å². The molecule has 0 atom stereocenters. The van der Waals surface area contributed by atoms with Crippen LogP contribution in [0.4, 0.5) is 0 Å². The third-order valence-corrected chi connectivity index (χ3v) is 4.27. The van der Waals surface area contributed by atoms with E-state index in [1.807, 2.05) is 23.1 Å². The van der Waals surface area contributed by atoms with Crippen molar-refractivity contribution in [1.29, 1.82) is 0 Å². The number of carbonyl (C=O) groups is 1. The summed E-state index contributed by atoms with van der Waals surface area (Å²) in [6.07, 6.45) is 2.57. The van der Waals surface area contributed by atoms with E-state index in [0.29, 0.717) is 23.3 Å². The first-order valence-electron chi connectivity index (χ1n) is 7.44. The second-order valence-corrected chi connectivity index (χ2v) is 6.41. The Balaban J connectivity index is 2.00. The Morgan fingerprint density at radius 2 is 1.76 bits per heavy atom. The molecule has 1 aromatic rings. The van der Waals surface area contributed by atoms with Gasteiger partial charge in [-0.1, -0.05) is 19.9 Å². The SMILES string of the molecule is COc1ccc(CC(=O)N2CCC(C)(C)CC2)cc1OC. The predicted molar refractivity (Wildman–Crippen MR) is 82.8 cm³/mol. The van der Waals surface area contributed by atoms with E-state index in [9.17, 15) is 4.79 Å². The highest BCUT2D eigenvalue weighted by Crippen LogP contribution is 2.31. The first kappa shape index (κ1) is 15.7. The number of piperidine rings is 1. The van der Waals surface area contributed by atoms with Crippen molar-refractivity contribution in [2.24, 2.45) is 5.41 Å². The van der Waals surface area contributed by atoms with Gasteiger partial charge in [0, 0.05) is 13.1 Å². The number of hydrogen-bond acceptors (Lipinski definition) is 3. The standard InChI is InChI=1S/C17H25NO3/c1-17(2)7-9-18(10-8-17)16(19)12-13-5-6-14(20-3)15(11-13)21-4/h5-6,11H,7-10,12H2,1-4H3. The van der Waals surface area contributed by atoms with Crippen LogP contribution in [0.2, 0.25) is 0 Å². The third kappa shape index (κ3) is 3.90. The van der Waals surface area contributed by atoms with Gasteiger partial charge in [-0.25, -0.2) is 0 Å². The molecule has 0 aliphatic carbocycles. The lowest BCUT2D eigenvalue weighted by molar-refractivity contribution is -0.132. The second kappa shape index (κ2) is 6.37. The van der Waals surface area contributed by atoms with Crippen LogP contribution in [0.15, 0.2) is 18.2 Å². The van der Waals surface area contributed by atoms with Gasteiger partial charge in [-0.2, -0.15) is 0 Å². The van der Waals surface area contributed by atoms with Crippen LogP contribution in [0.3, 0.4) is 0 Å². The lowest BCUT2D eigenvalue weighted by Gasteiger charge is -2.37. The van der Waals surface area contributed by atoms with Gasteiger partial charge in [-0.3, -0.25) is 4.79 Å². The summed E-state index contributed by atoms with van der Waals surface area (Å²) in [7, 11) is 3.22. The van der Waals surface area contributed by atoms with Crippen LogP contribution in [-0.2, 0) is 11.2 Å². The van der Waals surface area contributed by atoms with Gasteiger partial charge in [0.25, 0.3) is 0 Å². The predicted octanol–water partition coefficient (Wildman–Crippen LogP) is 2.89. The first-order chi connectivity index (χ1) is 9.95. The van der Waals surface area contributed by atoms with E-state index in [1.54, 1.807) is 14.2 Å². The van der Waals surface area contributed by atoms with Crippen LogP contribution in [0.25, 0.3) is 0 Å². The number of ether oxygens (including phenoxy) is 2. The minimum absolute atomic E-state index is 0.192. The lowest BCUT2D eigenvalue weighted by atomic mass is 9.82. The quantitative estimate of drug-likeness (QED) is 0.856. The second-order valence-electron chi connectivity index (χ2n) is 6.41. The van der Waals surface area contributed by atoms with Gasteiger partial charge >= 0.3 is 0 Å². The average Bonchev–Trinajstić information content (AvgIpc) is 2.46. The van der Waals surface area contributed by atoms with Crippen LogP contribution in [0.1, 0.15) is 32.3 Å². The van der Waals surface area contributed by atoms with Crippen molar-refractivity contribution in [3.05, 3.63) is 23.8 Å². The van der Waals surface area contributed by atoms with E-state index in [1.165, 1.54) is 0 Å². The van der Waals surface area contributed by atoms with Crippen molar-refractivity contribution >= 4 is 5.91 Å². The molecule has 1 aliphatic heterocycles. The summed E-state index contributed by atoms with van der Waals surface area (Å²) < 4.78 is 10.5. The molecule has 0 spiro atoms. The molecule has 0 bridgehead atoms. The number of carbonyl (C=O) groups excluding carboxylic acids is 1. The van der Waals surface area contributed by atoms with Gasteiger partial charge in [-0.15, -0.1) is 0 Å². The molecule has 0 aromatic heterocycles. The topological polar surface area (TPSA) is 38.8 Å². The van der Waals surface area contributed by atoms with Crippen LogP contribution < -0.4 is 9.47 Å². The molecule has 1 amide bonds. The van der Waals surface area contributed by atoms with Gasteiger partial charge in [0.1, 0.15) is 0 Å². The molecule has 116 valence electrons. The molecule has 2 rings (SSSR count). The van der Waals surface area contributed by atoms with Crippen molar-refractivity contribution in [3.63, 3.8) is 0 Å². The zero-order valence-electron chi connectivity index (χ0n) is 13.4. The van der Waals surface area contributed by atoms with Crippen molar-refractivity contribution in [2.75, 3.05) is 27.3 Å².